The highest BCUT2D eigenvalue weighted by Gasteiger charge is 1.85. The highest BCUT2D eigenvalue weighted by atomic mass is 15.2. The first-order valence-electron chi connectivity index (χ1n) is 5.18. The predicted molar refractivity (Wildman–Crippen MR) is 66.2 cm³/mol. The van der Waals surface area contributed by atoms with Crippen molar-refractivity contribution in [2.75, 3.05) is 0 Å². The molecule has 0 saturated carbocycles. The summed E-state index contributed by atoms with van der Waals surface area (Å²) in [6.07, 6.45) is 0. The molecule has 83 valence electrons. The molecular weight excluding hydrogens is 212 g/mol. The number of nitrogens with zero attached hydrogens (tertiary/aromatic N) is 4. The van der Waals surface area contributed by atoms with Gasteiger partial charge in [0.15, 0.2) is 0 Å². The fraction of sp³-hybridized carbons (Fsp3) is 0. The number of hydrogen-bond donors (Lipinski definition) is 0. The summed E-state index contributed by atoms with van der Waals surface area (Å²) in [5.41, 5.74) is 1.58. The van der Waals surface area contributed by atoms with Crippen LogP contribution in [-0.4, -0.2) is 0 Å². The third kappa shape index (κ3) is 3.95. The lowest BCUT2D eigenvalue weighted by Gasteiger charge is -1.89. The van der Waals surface area contributed by atoms with Crippen molar-refractivity contribution in [3.8, 4) is 0 Å². The van der Waals surface area contributed by atoms with Crippen LogP contribution < -0.4 is 0 Å². The maximum absolute atomic E-state index is 3.95. The van der Waals surface area contributed by atoms with Gasteiger partial charge in [-0.1, -0.05) is 36.4 Å². The minimum atomic E-state index is 0.790. The maximum atomic E-state index is 3.95. The first-order valence-corrected chi connectivity index (χ1v) is 5.18. The number of hydrogen-bond acceptors (Lipinski definition) is 4. The average molecular weight is 223 g/mol. The van der Waals surface area contributed by atoms with E-state index in [9.17, 15) is 0 Å². The molecule has 2 rings (SSSR count). The maximum Gasteiger partial charge on any atom is 0.227 e. The van der Waals surface area contributed by atoms with Crippen molar-refractivity contribution < 1.29 is 0 Å². The van der Waals surface area contributed by atoms with E-state index < -0.39 is 0 Å². The van der Waals surface area contributed by atoms with Crippen molar-refractivity contribution in [1.82, 2.24) is 0 Å². The summed E-state index contributed by atoms with van der Waals surface area (Å²) in [6, 6.07) is 18.9. The van der Waals surface area contributed by atoms with E-state index in [-0.39, 0.29) is 0 Å². The van der Waals surface area contributed by atoms with Gasteiger partial charge in [-0.05, 0) is 24.3 Å². The lowest BCUT2D eigenvalue weighted by atomic mass is 10.3. The Hall–Kier alpha value is -2.36. The van der Waals surface area contributed by atoms with Gasteiger partial charge in [-0.3, -0.25) is 0 Å². The van der Waals surface area contributed by atoms with Crippen molar-refractivity contribution >= 4 is 11.4 Å². The summed E-state index contributed by atoms with van der Waals surface area (Å²) < 4.78 is 0. The summed E-state index contributed by atoms with van der Waals surface area (Å²) in [7, 11) is 0. The zero-order valence-electron chi connectivity index (χ0n) is 9.14. The van der Waals surface area contributed by atoms with Gasteiger partial charge in [0.25, 0.3) is 0 Å². The molecule has 2 aromatic carbocycles. The standard InChI is InChI=1S/C13H11N4/c1-3-7-12(8-4-1)16-14-11-15-17-13-9-5-2-6-10-13/h1-11H. The third-order valence-corrected chi connectivity index (χ3v) is 1.96. The van der Waals surface area contributed by atoms with Gasteiger partial charge in [-0.15, -0.1) is 0 Å². The van der Waals surface area contributed by atoms with Gasteiger partial charge in [0.2, 0.25) is 6.67 Å². The van der Waals surface area contributed by atoms with E-state index in [1.165, 1.54) is 6.67 Å². The molecule has 0 bridgehead atoms. The van der Waals surface area contributed by atoms with Crippen LogP contribution in [0.5, 0.6) is 0 Å². The molecular formula is C13H11N4. The molecule has 4 nitrogen and oxygen atoms in total. The van der Waals surface area contributed by atoms with E-state index in [1.54, 1.807) is 0 Å². The number of benzene rings is 2. The Bertz CT molecular complexity index is 444. The molecule has 0 spiro atoms. The van der Waals surface area contributed by atoms with E-state index in [0.717, 1.165) is 11.4 Å². The molecule has 0 unspecified atom stereocenters. The monoisotopic (exact) mass is 223 g/mol. The topological polar surface area (TPSA) is 49.4 Å². The van der Waals surface area contributed by atoms with Gasteiger partial charge in [0, 0.05) is 0 Å². The molecule has 4 heteroatoms. The quantitative estimate of drug-likeness (QED) is 0.676. The predicted octanol–water partition coefficient (Wildman–Crippen LogP) is 4.67. The van der Waals surface area contributed by atoms with Gasteiger partial charge >= 0.3 is 0 Å². The van der Waals surface area contributed by atoms with E-state index in [4.69, 9.17) is 0 Å². The average Bonchev–Trinajstić information content (AvgIpc) is 2.41. The molecule has 0 amide bonds. The Labute approximate surface area is 99.7 Å². The summed E-state index contributed by atoms with van der Waals surface area (Å²) >= 11 is 0. The van der Waals surface area contributed by atoms with Crippen LogP contribution in [0.25, 0.3) is 0 Å². The Morgan fingerprint density at radius 3 is 1.41 bits per heavy atom. The van der Waals surface area contributed by atoms with E-state index in [1.807, 2.05) is 60.7 Å². The molecule has 0 atom stereocenters. The summed E-state index contributed by atoms with van der Waals surface area (Å²) in [6.45, 7) is 1.32. The van der Waals surface area contributed by atoms with Crippen molar-refractivity contribution in [3.05, 3.63) is 67.3 Å². The molecule has 1 radical (unpaired) electrons. The zero-order valence-corrected chi connectivity index (χ0v) is 9.14. The van der Waals surface area contributed by atoms with Crippen LogP contribution in [0, 0.1) is 6.67 Å². The largest absolute Gasteiger partial charge is 0.227 e. The first kappa shape index (κ1) is 11.1. The minimum absolute atomic E-state index is 0.790. The van der Waals surface area contributed by atoms with Crippen LogP contribution in [0.3, 0.4) is 0 Å². The van der Waals surface area contributed by atoms with Crippen LogP contribution in [0.2, 0.25) is 0 Å². The van der Waals surface area contributed by atoms with Gasteiger partial charge in [-0.2, -0.15) is 20.5 Å². The lowest BCUT2D eigenvalue weighted by Crippen LogP contribution is -1.63. The smallest absolute Gasteiger partial charge is 0.155 e. The molecule has 0 fully saturated rings. The Balaban J connectivity index is 1.84. The van der Waals surface area contributed by atoms with Crippen LogP contribution in [0.1, 0.15) is 0 Å². The highest BCUT2D eigenvalue weighted by molar-refractivity contribution is 5.35. The highest BCUT2D eigenvalue weighted by Crippen LogP contribution is 2.12. The Morgan fingerprint density at radius 2 is 1.00 bits per heavy atom. The first-order chi connectivity index (χ1) is 8.45. The van der Waals surface area contributed by atoms with Crippen molar-refractivity contribution in [2.24, 2.45) is 20.5 Å². The Kier molecular flexibility index (Phi) is 4.11. The third-order valence-electron chi connectivity index (χ3n) is 1.96. The normalized spacial score (nSPS) is 11.3. The molecule has 0 aliphatic carbocycles. The van der Waals surface area contributed by atoms with Crippen molar-refractivity contribution in [3.63, 3.8) is 0 Å². The van der Waals surface area contributed by atoms with E-state index in [0.29, 0.717) is 0 Å². The fourth-order valence-corrected chi connectivity index (χ4v) is 1.20. The van der Waals surface area contributed by atoms with Crippen LogP contribution in [0.15, 0.2) is 81.1 Å². The van der Waals surface area contributed by atoms with Gasteiger partial charge in [0.05, 0.1) is 11.4 Å². The van der Waals surface area contributed by atoms with Crippen LogP contribution in [-0.2, 0) is 0 Å². The number of azo groups is 2. The van der Waals surface area contributed by atoms with Crippen LogP contribution in [0.4, 0.5) is 11.4 Å². The lowest BCUT2D eigenvalue weighted by molar-refractivity contribution is 1.02. The van der Waals surface area contributed by atoms with Gasteiger partial charge < -0.3 is 0 Å². The molecule has 0 saturated heterocycles. The fourth-order valence-electron chi connectivity index (χ4n) is 1.20. The molecule has 0 heterocycles. The molecule has 0 aromatic heterocycles. The number of rotatable bonds is 4. The summed E-state index contributed by atoms with van der Waals surface area (Å²) in [5, 5.41) is 15.5. The molecule has 2 aromatic rings. The van der Waals surface area contributed by atoms with Gasteiger partial charge in [-0.25, -0.2) is 0 Å². The summed E-state index contributed by atoms with van der Waals surface area (Å²) in [4.78, 5) is 0. The second kappa shape index (κ2) is 6.27. The van der Waals surface area contributed by atoms with Crippen molar-refractivity contribution in [2.45, 2.75) is 0 Å². The Morgan fingerprint density at radius 1 is 0.588 bits per heavy atom. The molecule has 0 N–H and O–H groups in total. The summed E-state index contributed by atoms with van der Waals surface area (Å²) in [5.74, 6) is 0. The van der Waals surface area contributed by atoms with Crippen molar-refractivity contribution in [1.29, 1.82) is 0 Å². The second-order valence-corrected chi connectivity index (χ2v) is 3.22. The van der Waals surface area contributed by atoms with Gasteiger partial charge in [0.1, 0.15) is 0 Å². The van der Waals surface area contributed by atoms with E-state index >= 15 is 0 Å². The SMILES string of the molecule is [CH](N=Nc1ccccc1)N=Nc1ccccc1. The molecule has 0 aliphatic rings. The minimum Gasteiger partial charge on any atom is -0.155 e. The zero-order chi connectivity index (χ0) is 11.8. The van der Waals surface area contributed by atoms with Crippen LogP contribution >= 0.6 is 0 Å². The van der Waals surface area contributed by atoms with E-state index in [2.05, 4.69) is 20.5 Å². The molecule has 17 heavy (non-hydrogen) atoms. The second-order valence-electron chi connectivity index (χ2n) is 3.22. The molecule has 0 aliphatic heterocycles.